The molecule has 1 aromatic rings. The molecule has 2 N–H and O–H groups in total. The molecule has 0 radical (unpaired) electrons. The first-order chi connectivity index (χ1) is 12.2. The van der Waals surface area contributed by atoms with Crippen LogP contribution in [0.5, 0.6) is 5.75 Å². The molecule has 0 aliphatic carbocycles. The quantitative estimate of drug-likeness (QED) is 0.538. The van der Waals surface area contributed by atoms with E-state index >= 15 is 0 Å². The summed E-state index contributed by atoms with van der Waals surface area (Å²) in [6, 6.07) is 6.34. The lowest BCUT2D eigenvalue weighted by Gasteiger charge is -2.19. The van der Waals surface area contributed by atoms with Gasteiger partial charge in [-0.25, -0.2) is 9.59 Å². The van der Waals surface area contributed by atoms with Crippen LogP contribution in [0.2, 0.25) is 0 Å². The van der Waals surface area contributed by atoms with Gasteiger partial charge in [0.1, 0.15) is 11.4 Å². The van der Waals surface area contributed by atoms with Crippen molar-refractivity contribution >= 4 is 18.0 Å². The summed E-state index contributed by atoms with van der Waals surface area (Å²) in [5, 5.41) is 5.23. The third-order valence-corrected chi connectivity index (χ3v) is 2.86. The molecule has 0 aromatic heterocycles. The lowest BCUT2D eigenvalue weighted by molar-refractivity contribution is -0.145. The highest BCUT2D eigenvalue weighted by Gasteiger charge is 2.15. The van der Waals surface area contributed by atoms with Gasteiger partial charge in [-0.1, -0.05) is 0 Å². The zero-order chi connectivity index (χ0) is 19.6. The van der Waals surface area contributed by atoms with Gasteiger partial charge < -0.3 is 24.8 Å². The van der Waals surface area contributed by atoms with Crippen LogP contribution in [0.15, 0.2) is 24.3 Å². The Hall–Kier alpha value is -2.77. The van der Waals surface area contributed by atoms with Crippen molar-refractivity contribution in [1.82, 2.24) is 10.6 Å². The molecule has 8 nitrogen and oxygen atoms in total. The molecule has 0 aliphatic rings. The molecular weight excluding hydrogens is 340 g/mol. The van der Waals surface area contributed by atoms with Crippen LogP contribution < -0.4 is 15.4 Å². The monoisotopic (exact) mass is 366 g/mol. The number of benzene rings is 1. The second-order valence-corrected chi connectivity index (χ2v) is 6.30. The first-order valence-corrected chi connectivity index (χ1v) is 8.35. The maximum absolute atomic E-state index is 12.0. The fourth-order valence-electron chi connectivity index (χ4n) is 1.80. The van der Waals surface area contributed by atoms with E-state index in [2.05, 4.69) is 10.6 Å². The Morgan fingerprint density at radius 2 is 1.62 bits per heavy atom. The van der Waals surface area contributed by atoms with Gasteiger partial charge >= 0.3 is 12.1 Å². The van der Waals surface area contributed by atoms with Gasteiger partial charge in [-0.2, -0.15) is 0 Å². The predicted octanol–water partition coefficient (Wildman–Crippen LogP) is 1.88. The number of rotatable bonds is 8. The Kier molecular flexibility index (Phi) is 8.41. The number of amides is 2. The van der Waals surface area contributed by atoms with E-state index in [4.69, 9.17) is 14.2 Å². The number of nitrogens with one attached hydrogen (secondary N) is 2. The van der Waals surface area contributed by atoms with Gasteiger partial charge in [-0.15, -0.1) is 0 Å². The average molecular weight is 366 g/mol. The molecule has 0 atom stereocenters. The highest BCUT2D eigenvalue weighted by Crippen LogP contribution is 2.12. The number of hydrogen-bond donors (Lipinski definition) is 2. The van der Waals surface area contributed by atoms with Crippen LogP contribution in [0.25, 0.3) is 0 Å². The van der Waals surface area contributed by atoms with E-state index in [0.717, 1.165) is 0 Å². The average Bonchev–Trinajstić information content (AvgIpc) is 2.56. The number of alkyl carbamates (subject to hydrolysis) is 1. The van der Waals surface area contributed by atoms with Crippen molar-refractivity contribution in [3.63, 3.8) is 0 Å². The molecule has 0 unspecified atom stereocenters. The standard InChI is InChI=1S/C18H26N2O6/c1-5-24-15(21)12-25-14-8-6-13(7-9-14)16(22)19-10-11-20-17(23)26-18(2,3)4/h6-9H,5,10-12H2,1-4H3,(H,19,22)(H,20,23). The highest BCUT2D eigenvalue weighted by atomic mass is 16.6. The molecule has 0 heterocycles. The number of esters is 1. The maximum atomic E-state index is 12.0. The third-order valence-electron chi connectivity index (χ3n) is 2.86. The van der Waals surface area contributed by atoms with Gasteiger partial charge in [0.2, 0.25) is 0 Å². The van der Waals surface area contributed by atoms with Gasteiger partial charge in [0, 0.05) is 18.7 Å². The molecule has 26 heavy (non-hydrogen) atoms. The van der Waals surface area contributed by atoms with Crippen molar-refractivity contribution in [1.29, 1.82) is 0 Å². The second kappa shape index (κ2) is 10.3. The van der Waals surface area contributed by atoms with Crippen LogP contribution in [0, 0.1) is 0 Å². The number of carbonyl (C=O) groups is 3. The van der Waals surface area contributed by atoms with Gasteiger partial charge in [-0.05, 0) is 52.0 Å². The largest absolute Gasteiger partial charge is 0.482 e. The van der Waals surface area contributed by atoms with Gasteiger partial charge in [0.05, 0.1) is 6.61 Å². The zero-order valence-corrected chi connectivity index (χ0v) is 15.6. The molecule has 0 fully saturated rings. The molecule has 0 aliphatic heterocycles. The minimum absolute atomic E-state index is 0.185. The molecule has 0 saturated carbocycles. The first-order valence-electron chi connectivity index (χ1n) is 8.35. The SMILES string of the molecule is CCOC(=O)COc1ccc(C(=O)NCCNC(=O)OC(C)(C)C)cc1. The van der Waals surface area contributed by atoms with Crippen molar-refractivity contribution in [2.75, 3.05) is 26.3 Å². The second-order valence-electron chi connectivity index (χ2n) is 6.30. The summed E-state index contributed by atoms with van der Waals surface area (Å²) >= 11 is 0. The minimum atomic E-state index is -0.565. The molecule has 0 bridgehead atoms. The topological polar surface area (TPSA) is 103 Å². The van der Waals surface area contributed by atoms with E-state index in [-0.39, 0.29) is 25.6 Å². The fraction of sp³-hybridized carbons (Fsp3) is 0.500. The lowest BCUT2D eigenvalue weighted by Crippen LogP contribution is -2.37. The van der Waals surface area contributed by atoms with E-state index in [0.29, 0.717) is 17.9 Å². The Balaban J connectivity index is 2.32. The maximum Gasteiger partial charge on any atom is 0.407 e. The molecule has 8 heteroatoms. The molecule has 1 aromatic carbocycles. The van der Waals surface area contributed by atoms with Crippen LogP contribution in [-0.2, 0) is 14.3 Å². The van der Waals surface area contributed by atoms with Crippen LogP contribution in [-0.4, -0.2) is 49.9 Å². The van der Waals surface area contributed by atoms with Crippen molar-refractivity contribution in [2.45, 2.75) is 33.3 Å². The summed E-state index contributed by atoms with van der Waals surface area (Å²) in [4.78, 5) is 34.7. The Morgan fingerprint density at radius 1 is 1.00 bits per heavy atom. The van der Waals surface area contributed by atoms with Gasteiger partial charge in [0.15, 0.2) is 6.61 Å². The normalized spacial score (nSPS) is 10.6. The summed E-state index contributed by atoms with van der Waals surface area (Å²) in [6.45, 7) is 7.66. The lowest BCUT2D eigenvalue weighted by atomic mass is 10.2. The third kappa shape index (κ3) is 8.91. The Bertz CT molecular complexity index is 607. The van der Waals surface area contributed by atoms with E-state index in [1.807, 2.05) is 0 Å². The molecule has 1 rings (SSSR count). The van der Waals surface area contributed by atoms with E-state index in [9.17, 15) is 14.4 Å². The van der Waals surface area contributed by atoms with Crippen LogP contribution in [0.1, 0.15) is 38.1 Å². The summed E-state index contributed by atoms with van der Waals surface area (Å²) in [6.07, 6.45) is -0.533. The number of carbonyl (C=O) groups excluding carboxylic acids is 3. The Labute approximate surface area is 153 Å². The van der Waals surface area contributed by atoms with Crippen molar-refractivity contribution in [3.05, 3.63) is 29.8 Å². The van der Waals surface area contributed by atoms with E-state index < -0.39 is 17.7 Å². The first kappa shape index (κ1) is 21.3. The van der Waals surface area contributed by atoms with Crippen LogP contribution >= 0.6 is 0 Å². The van der Waals surface area contributed by atoms with E-state index in [1.165, 1.54) is 0 Å². The van der Waals surface area contributed by atoms with Crippen molar-refractivity contribution < 1.29 is 28.6 Å². The van der Waals surface area contributed by atoms with Crippen LogP contribution in [0.3, 0.4) is 0 Å². The summed E-state index contributed by atoms with van der Waals surface area (Å²) in [5.74, 6) is -0.277. The van der Waals surface area contributed by atoms with Gasteiger partial charge in [0.25, 0.3) is 5.91 Å². The number of ether oxygens (including phenoxy) is 3. The molecule has 0 saturated heterocycles. The Morgan fingerprint density at radius 3 is 2.19 bits per heavy atom. The zero-order valence-electron chi connectivity index (χ0n) is 15.6. The molecule has 144 valence electrons. The van der Waals surface area contributed by atoms with Gasteiger partial charge in [-0.3, -0.25) is 4.79 Å². The highest BCUT2D eigenvalue weighted by molar-refractivity contribution is 5.94. The van der Waals surface area contributed by atoms with E-state index in [1.54, 1.807) is 52.0 Å². The predicted molar refractivity (Wildman–Crippen MR) is 95.1 cm³/mol. The van der Waals surface area contributed by atoms with Crippen molar-refractivity contribution in [2.24, 2.45) is 0 Å². The smallest absolute Gasteiger partial charge is 0.407 e. The summed E-state index contributed by atoms with van der Waals surface area (Å²) in [5.41, 5.74) is -0.129. The molecular formula is C18H26N2O6. The minimum Gasteiger partial charge on any atom is -0.482 e. The van der Waals surface area contributed by atoms with Crippen molar-refractivity contribution in [3.8, 4) is 5.75 Å². The summed E-state index contributed by atoms with van der Waals surface area (Å²) in [7, 11) is 0. The number of hydrogen-bond acceptors (Lipinski definition) is 6. The molecule has 2 amide bonds. The summed E-state index contributed by atoms with van der Waals surface area (Å²) < 4.78 is 15.1. The van der Waals surface area contributed by atoms with Crippen LogP contribution in [0.4, 0.5) is 4.79 Å². The molecule has 0 spiro atoms. The fourth-order valence-corrected chi connectivity index (χ4v) is 1.80.